The fourth-order valence-corrected chi connectivity index (χ4v) is 1.02. The van der Waals surface area contributed by atoms with Crippen LogP contribution in [0.1, 0.15) is 25.7 Å². The standard InChI is InChI=1S/C11H17BO4/c1-2-10(13)15-8-9-16-11(14)6-4-3-5-7-12/h2H,1,3-9H2. The lowest BCUT2D eigenvalue weighted by atomic mass is 9.99. The molecule has 0 aliphatic carbocycles. The van der Waals surface area contributed by atoms with Crippen LogP contribution in [0.3, 0.4) is 0 Å². The summed E-state index contributed by atoms with van der Waals surface area (Å²) in [6.45, 7) is 3.40. The quantitative estimate of drug-likeness (QED) is 0.257. The van der Waals surface area contributed by atoms with Gasteiger partial charge in [0.05, 0.1) is 7.85 Å². The molecule has 0 amide bonds. The van der Waals surface area contributed by atoms with Gasteiger partial charge in [-0.15, -0.1) is 0 Å². The molecule has 4 nitrogen and oxygen atoms in total. The molecule has 0 fully saturated rings. The highest BCUT2D eigenvalue weighted by molar-refractivity contribution is 6.08. The number of esters is 2. The molecule has 5 heteroatoms. The molecule has 0 rings (SSSR count). The Kier molecular flexibility index (Phi) is 9.46. The largest absolute Gasteiger partial charge is 0.462 e. The molecule has 0 aromatic rings. The first-order chi connectivity index (χ1) is 7.70. The van der Waals surface area contributed by atoms with Gasteiger partial charge in [0.2, 0.25) is 0 Å². The number of hydrogen-bond donors (Lipinski definition) is 0. The van der Waals surface area contributed by atoms with Gasteiger partial charge in [0.25, 0.3) is 0 Å². The van der Waals surface area contributed by atoms with Gasteiger partial charge >= 0.3 is 11.9 Å². The summed E-state index contributed by atoms with van der Waals surface area (Å²) in [6.07, 6.45) is 4.72. The van der Waals surface area contributed by atoms with E-state index in [9.17, 15) is 9.59 Å². The summed E-state index contributed by atoms with van der Waals surface area (Å²) in [6, 6.07) is 0. The predicted octanol–water partition coefficient (Wildman–Crippen LogP) is 1.41. The normalized spacial score (nSPS) is 9.50. The topological polar surface area (TPSA) is 52.6 Å². The highest BCUT2D eigenvalue weighted by Crippen LogP contribution is 2.02. The Morgan fingerprint density at radius 2 is 1.81 bits per heavy atom. The molecule has 0 aliphatic heterocycles. The van der Waals surface area contributed by atoms with Crippen LogP contribution in [0.15, 0.2) is 12.7 Å². The van der Waals surface area contributed by atoms with Crippen molar-refractivity contribution in [1.82, 2.24) is 0 Å². The van der Waals surface area contributed by atoms with Crippen molar-refractivity contribution in [3.8, 4) is 0 Å². The number of carbonyl (C=O) groups excluding carboxylic acids is 2. The number of ether oxygens (including phenoxy) is 2. The van der Waals surface area contributed by atoms with E-state index >= 15 is 0 Å². The molecule has 0 saturated heterocycles. The summed E-state index contributed by atoms with van der Waals surface area (Å²) in [5, 5.41) is 0. The fraction of sp³-hybridized carbons (Fsp3) is 0.636. The van der Waals surface area contributed by atoms with Crippen LogP contribution in [-0.4, -0.2) is 33.0 Å². The molecule has 0 unspecified atom stereocenters. The van der Waals surface area contributed by atoms with Crippen molar-refractivity contribution >= 4 is 19.8 Å². The van der Waals surface area contributed by atoms with Gasteiger partial charge in [-0.2, -0.15) is 0 Å². The molecular formula is C11H17BO4. The molecule has 0 saturated carbocycles. The zero-order valence-electron chi connectivity index (χ0n) is 9.44. The summed E-state index contributed by atoms with van der Waals surface area (Å²) in [5.41, 5.74) is 0. The maximum absolute atomic E-state index is 11.1. The highest BCUT2D eigenvalue weighted by atomic mass is 16.6. The van der Waals surface area contributed by atoms with Crippen LogP contribution >= 0.6 is 0 Å². The lowest BCUT2D eigenvalue weighted by Gasteiger charge is -2.04. The lowest BCUT2D eigenvalue weighted by Crippen LogP contribution is -2.12. The van der Waals surface area contributed by atoms with Crippen molar-refractivity contribution < 1.29 is 19.1 Å². The smallest absolute Gasteiger partial charge is 0.330 e. The van der Waals surface area contributed by atoms with E-state index in [0.717, 1.165) is 25.3 Å². The van der Waals surface area contributed by atoms with Crippen molar-refractivity contribution in [3.63, 3.8) is 0 Å². The molecule has 0 aliphatic rings. The summed E-state index contributed by atoms with van der Waals surface area (Å²) >= 11 is 0. The molecular weight excluding hydrogens is 207 g/mol. The Labute approximate surface area is 97.4 Å². The van der Waals surface area contributed by atoms with E-state index in [2.05, 4.69) is 11.3 Å². The van der Waals surface area contributed by atoms with E-state index in [0.29, 0.717) is 12.7 Å². The third-order valence-corrected chi connectivity index (χ3v) is 1.84. The molecule has 0 atom stereocenters. The zero-order chi connectivity index (χ0) is 12.2. The predicted molar refractivity (Wildman–Crippen MR) is 61.1 cm³/mol. The lowest BCUT2D eigenvalue weighted by molar-refractivity contribution is -0.149. The van der Waals surface area contributed by atoms with Gasteiger partial charge in [-0.1, -0.05) is 25.7 Å². The summed E-state index contributed by atoms with van der Waals surface area (Å²) in [7, 11) is 5.31. The fourth-order valence-electron chi connectivity index (χ4n) is 1.02. The third kappa shape index (κ3) is 9.31. The molecule has 0 bridgehead atoms. The van der Waals surface area contributed by atoms with Gasteiger partial charge in [-0.3, -0.25) is 4.79 Å². The maximum atomic E-state index is 11.1. The Morgan fingerprint density at radius 1 is 1.12 bits per heavy atom. The molecule has 0 heterocycles. The third-order valence-electron chi connectivity index (χ3n) is 1.84. The molecule has 0 N–H and O–H groups in total. The van der Waals surface area contributed by atoms with Crippen molar-refractivity contribution in [3.05, 3.63) is 12.7 Å². The maximum Gasteiger partial charge on any atom is 0.330 e. The SMILES string of the molecule is [B]CCCCCC(=O)OCCOC(=O)C=C. The second-order valence-corrected chi connectivity index (χ2v) is 3.19. The Balaban J connectivity index is 3.30. The summed E-state index contributed by atoms with van der Waals surface area (Å²) in [5.74, 6) is -0.786. The van der Waals surface area contributed by atoms with Crippen LogP contribution in [0.25, 0.3) is 0 Å². The van der Waals surface area contributed by atoms with Crippen molar-refractivity contribution in [2.45, 2.75) is 32.0 Å². The first-order valence-electron chi connectivity index (χ1n) is 5.35. The number of rotatable bonds is 9. The minimum Gasteiger partial charge on any atom is -0.462 e. The average molecular weight is 224 g/mol. The van der Waals surface area contributed by atoms with E-state index in [-0.39, 0.29) is 19.2 Å². The van der Waals surface area contributed by atoms with E-state index in [1.54, 1.807) is 0 Å². The second kappa shape index (κ2) is 10.3. The van der Waals surface area contributed by atoms with Crippen LogP contribution in [0.4, 0.5) is 0 Å². The van der Waals surface area contributed by atoms with Gasteiger partial charge in [0.1, 0.15) is 13.2 Å². The number of unbranched alkanes of at least 4 members (excludes halogenated alkanes) is 2. The minimum absolute atomic E-state index is 0.0688. The summed E-state index contributed by atoms with van der Waals surface area (Å²) < 4.78 is 9.47. The van der Waals surface area contributed by atoms with Gasteiger partial charge < -0.3 is 9.47 Å². The number of carbonyl (C=O) groups is 2. The molecule has 0 aromatic heterocycles. The van der Waals surface area contributed by atoms with Crippen molar-refractivity contribution in [2.75, 3.05) is 13.2 Å². The van der Waals surface area contributed by atoms with Gasteiger partial charge in [0, 0.05) is 12.5 Å². The van der Waals surface area contributed by atoms with Crippen molar-refractivity contribution in [1.29, 1.82) is 0 Å². The van der Waals surface area contributed by atoms with Crippen LogP contribution in [-0.2, 0) is 19.1 Å². The highest BCUT2D eigenvalue weighted by Gasteiger charge is 2.02. The van der Waals surface area contributed by atoms with E-state index in [4.69, 9.17) is 12.6 Å². The zero-order valence-corrected chi connectivity index (χ0v) is 9.44. The van der Waals surface area contributed by atoms with E-state index in [1.165, 1.54) is 0 Å². The van der Waals surface area contributed by atoms with E-state index in [1.807, 2.05) is 0 Å². The minimum atomic E-state index is -0.515. The van der Waals surface area contributed by atoms with Gasteiger partial charge in [-0.25, -0.2) is 4.79 Å². The molecule has 0 spiro atoms. The van der Waals surface area contributed by atoms with Crippen LogP contribution < -0.4 is 0 Å². The van der Waals surface area contributed by atoms with Gasteiger partial charge in [-0.05, 0) is 6.42 Å². The monoisotopic (exact) mass is 224 g/mol. The first kappa shape index (κ1) is 14.7. The second-order valence-electron chi connectivity index (χ2n) is 3.19. The van der Waals surface area contributed by atoms with Crippen LogP contribution in [0.2, 0.25) is 6.32 Å². The molecule has 16 heavy (non-hydrogen) atoms. The molecule has 88 valence electrons. The Morgan fingerprint density at radius 3 is 2.44 bits per heavy atom. The Bertz CT molecular complexity index is 228. The first-order valence-corrected chi connectivity index (χ1v) is 5.35. The summed E-state index contributed by atoms with van der Waals surface area (Å²) in [4.78, 5) is 21.7. The van der Waals surface area contributed by atoms with E-state index < -0.39 is 5.97 Å². The van der Waals surface area contributed by atoms with Crippen LogP contribution in [0.5, 0.6) is 0 Å². The average Bonchev–Trinajstić information content (AvgIpc) is 2.30. The Hall–Kier alpha value is -1.26. The van der Waals surface area contributed by atoms with Crippen molar-refractivity contribution in [2.24, 2.45) is 0 Å². The molecule has 2 radical (unpaired) electrons. The molecule has 0 aromatic carbocycles. The number of hydrogen-bond acceptors (Lipinski definition) is 4. The van der Waals surface area contributed by atoms with Crippen LogP contribution in [0, 0.1) is 0 Å². The van der Waals surface area contributed by atoms with Gasteiger partial charge in [0.15, 0.2) is 0 Å².